The van der Waals surface area contributed by atoms with Gasteiger partial charge in [0, 0.05) is 35.2 Å². The van der Waals surface area contributed by atoms with Crippen LogP contribution in [-0.2, 0) is 0 Å². The molecule has 2 aromatic rings. The zero-order valence-electron chi connectivity index (χ0n) is 13.8. The molecule has 0 atom stereocenters. The summed E-state index contributed by atoms with van der Waals surface area (Å²) in [6.07, 6.45) is 0. The predicted molar refractivity (Wildman–Crippen MR) is 107 cm³/mol. The summed E-state index contributed by atoms with van der Waals surface area (Å²) < 4.78 is 0. The number of nitrogens with one attached hydrogen (secondary N) is 2. The topological polar surface area (TPSA) is 47.5 Å². The first kappa shape index (κ1) is 18.5. The molecule has 0 fully saturated rings. The summed E-state index contributed by atoms with van der Waals surface area (Å²) in [5, 5.41) is 16.6. The minimum atomic E-state index is 0.140. The van der Waals surface area contributed by atoms with Gasteiger partial charge in [-0.15, -0.1) is 0 Å². The van der Waals surface area contributed by atoms with Crippen molar-refractivity contribution in [2.75, 3.05) is 35.2 Å². The summed E-state index contributed by atoms with van der Waals surface area (Å²) in [7, 11) is 0. The Morgan fingerprint density at radius 1 is 1.17 bits per heavy atom. The molecule has 0 aliphatic rings. The highest BCUT2D eigenvalue weighted by atomic mass is 35.5. The molecule has 0 saturated carbocycles. The third-order valence-electron chi connectivity index (χ3n) is 3.76. The first-order valence-electron chi connectivity index (χ1n) is 7.84. The number of likely N-dealkylation sites (N-methyl/N-ethyl adjacent to an activating group) is 1. The van der Waals surface area contributed by atoms with Crippen LogP contribution in [0.15, 0.2) is 42.5 Å². The van der Waals surface area contributed by atoms with Crippen molar-refractivity contribution in [1.82, 2.24) is 0 Å². The highest BCUT2D eigenvalue weighted by molar-refractivity contribution is 7.80. The average molecular weight is 364 g/mol. The zero-order chi connectivity index (χ0) is 17.5. The summed E-state index contributed by atoms with van der Waals surface area (Å²) in [5.74, 6) is 0. The Balaban J connectivity index is 2.00. The first-order chi connectivity index (χ1) is 11.5. The lowest BCUT2D eigenvalue weighted by Crippen LogP contribution is -2.26. The van der Waals surface area contributed by atoms with Gasteiger partial charge in [-0.25, -0.2) is 0 Å². The Morgan fingerprint density at radius 2 is 1.88 bits per heavy atom. The van der Waals surface area contributed by atoms with E-state index in [0.29, 0.717) is 16.7 Å². The Labute approximate surface area is 153 Å². The van der Waals surface area contributed by atoms with Gasteiger partial charge in [-0.3, -0.25) is 0 Å². The molecule has 0 aliphatic carbocycles. The van der Waals surface area contributed by atoms with E-state index in [2.05, 4.69) is 22.5 Å². The molecule has 4 nitrogen and oxygen atoms in total. The van der Waals surface area contributed by atoms with Gasteiger partial charge in [0.15, 0.2) is 5.11 Å². The van der Waals surface area contributed by atoms with Gasteiger partial charge in [-0.1, -0.05) is 17.7 Å². The number of halogens is 1. The molecule has 128 valence electrons. The van der Waals surface area contributed by atoms with Gasteiger partial charge >= 0.3 is 0 Å². The summed E-state index contributed by atoms with van der Waals surface area (Å²) in [5.41, 5.74) is 3.82. The largest absolute Gasteiger partial charge is 0.395 e. The number of thiocarbonyl (C=S) groups is 1. The number of aliphatic hydroxyl groups excluding tert-OH is 1. The van der Waals surface area contributed by atoms with Crippen molar-refractivity contribution in [2.45, 2.75) is 13.8 Å². The molecular weight excluding hydrogens is 342 g/mol. The van der Waals surface area contributed by atoms with E-state index in [4.69, 9.17) is 28.9 Å². The molecule has 0 saturated heterocycles. The molecule has 2 aromatic carbocycles. The van der Waals surface area contributed by atoms with Crippen LogP contribution in [0.2, 0.25) is 5.02 Å². The molecule has 6 heteroatoms. The summed E-state index contributed by atoms with van der Waals surface area (Å²) in [6, 6.07) is 13.6. The maximum atomic E-state index is 9.10. The Morgan fingerprint density at radius 3 is 2.50 bits per heavy atom. The van der Waals surface area contributed by atoms with E-state index in [1.165, 1.54) is 0 Å². The second-order valence-corrected chi connectivity index (χ2v) is 6.16. The zero-order valence-corrected chi connectivity index (χ0v) is 15.4. The van der Waals surface area contributed by atoms with Crippen molar-refractivity contribution in [1.29, 1.82) is 0 Å². The van der Waals surface area contributed by atoms with Gasteiger partial charge in [-0.2, -0.15) is 0 Å². The lowest BCUT2D eigenvalue weighted by molar-refractivity contribution is 0.302. The summed E-state index contributed by atoms with van der Waals surface area (Å²) in [6.45, 7) is 5.62. The minimum absolute atomic E-state index is 0.140. The van der Waals surface area contributed by atoms with Gasteiger partial charge in [-0.05, 0) is 68.0 Å². The molecule has 24 heavy (non-hydrogen) atoms. The maximum absolute atomic E-state index is 9.10. The fourth-order valence-electron chi connectivity index (χ4n) is 2.37. The van der Waals surface area contributed by atoms with Crippen molar-refractivity contribution in [3.05, 3.63) is 53.1 Å². The highest BCUT2D eigenvalue weighted by Gasteiger charge is 2.06. The van der Waals surface area contributed by atoms with Crippen LogP contribution in [0, 0.1) is 6.92 Å². The molecule has 0 aliphatic heterocycles. The number of nitrogens with zero attached hydrogens (tertiary/aromatic N) is 1. The molecule has 0 bridgehead atoms. The van der Waals surface area contributed by atoms with E-state index >= 15 is 0 Å². The summed E-state index contributed by atoms with van der Waals surface area (Å²) in [4.78, 5) is 2.11. The van der Waals surface area contributed by atoms with E-state index in [1.807, 2.05) is 49.4 Å². The first-order valence-corrected chi connectivity index (χ1v) is 8.62. The monoisotopic (exact) mass is 363 g/mol. The molecule has 0 unspecified atom stereocenters. The standard InChI is InChI=1S/C18H22ClN3OS/c1-3-22(11-12-23)15-9-7-14(8-10-15)20-18(24)21-17-6-4-5-16(19)13(17)2/h4-10,23H,3,11-12H2,1-2H3,(H2,20,21,24). The number of aliphatic hydroxyl groups is 1. The number of anilines is 3. The molecule has 0 amide bonds. The van der Waals surface area contributed by atoms with Gasteiger partial charge in [0.05, 0.1) is 6.61 Å². The van der Waals surface area contributed by atoms with Crippen LogP contribution in [0.4, 0.5) is 17.1 Å². The fourth-order valence-corrected chi connectivity index (χ4v) is 2.78. The predicted octanol–water partition coefficient (Wildman–Crippen LogP) is 4.28. The van der Waals surface area contributed by atoms with Gasteiger partial charge in [0.1, 0.15) is 0 Å². The lowest BCUT2D eigenvalue weighted by atomic mass is 10.2. The van der Waals surface area contributed by atoms with Crippen LogP contribution >= 0.6 is 23.8 Å². The van der Waals surface area contributed by atoms with Crippen molar-refractivity contribution in [2.24, 2.45) is 0 Å². The third-order valence-corrected chi connectivity index (χ3v) is 4.37. The molecule has 0 aromatic heterocycles. The number of benzene rings is 2. The van der Waals surface area contributed by atoms with Crippen molar-refractivity contribution in [3.8, 4) is 0 Å². The minimum Gasteiger partial charge on any atom is -0.395 e. The van der Waals surface area contributed by atoms with E-state index in [9.17, 15) is 0 Å². The molecule has 3 N–H and O–H groups in total. The average Bonchev–Trinajstić information content (AvgIpc) is 2.58. The third kappa shape index (κ3) is 4.84. The fraction of sp³-hybridized carbons (Fsp3) is 0.278. The van der Waals surface area contributed by atoms with Crippen LogP contribution in [-0.4, -0.2) is 29.9 Å². The molecule has 0 heterocycles. The number of rotatable bonds is 6. The lowest BCUT2D eigenvalue weighted by Gasteiger charge is -2.22. The number of hydrogen-bond acceptors (Lipinski definition) is 3. The van der Waals surface area contributed by atoms with E-state index in [1.54, 1.807) is 0 Å². The van der Waals surface area contributed by atoms with E-state index in [-0.39, 0.29) is 6.61 Å². The molecular formula is C18H22ClN3OS. The number of hydrogen-bond donors (Lipinski definition) is 3. The van der Waals surface area contributed by atoms with Crippen LogP contribution in [0.25, 0.3) is 0 Å². The van der Waals surface area contributed by atoms with E-state index < -0.39 is 0 Å². The second kappa shape index (κ2) is 8.87. The van der Waals surface area contributed by atoms with Crippen molar-refractivity contribution < 1.29 is 5.11 Å². The van der Waals surface area contributed by atoms with Crippen LogP contribution < -0.4 is 15.5 Å². The highest BCUT2D eigenvalue weighted by Crippen LogP contribution is 2.23. The smallest absolute Gasteiger partial charge is 0.175 e. The maximum Gasteiger partial charge on any atom is 0.175 e. The molecule has 2 rings (SSSR count). The van der Waals surface area contributed by atoms with E-state index in [0.717, 1.165) is 29.2 Å². The van der Waals surface area contributed by atoms with Gasteiger partial charge < -0.3 is 20.6 Å². The Kier molecular flexibility index (Phi) is 6.85. The van der Waals surface area contributed by atoms with Crippen molar-refractivity contribution >= 4 is 46.0 Å². The Bertz CT molecular complexity index is 691. The second-order valence-electron chi connectivity index (χ2n) is 5.34. The van der Waals surface area contributed by atoms with Crippen molar-refractivity contribution in [3.63, 3.8) is 0 Å². The molecule has 0 radical (unpaired) electrons. The Hall–Kier alpha value is -1.82. The van der Waals surface area contributed by atoms with Crippen LogP contribution in [0.5, 0.6) is 0 Å². The molecule has 0 spiro atoms. The quantitative estimate of drug-likeness (QED) is 0.669. The van der Waals surface area contributed by atoms with Crippen LogP contribution in [0.1, 0.15) is 12.5 Å². The van der Waals surface area contributed by atoms with Crippen LogP contribution in [0.3, 0.4) is 0 Å². The summed E-state index contributed by atoms with van der Waals surface area (Å²) >= 11 is 11.5. The normalized spacial score (nSPS) is 10.3. The van der Waals surface area contributed by atoms with Gasteiger partial charge in [0.2, 0.25) is 0 Å². The van der Waals surface area contributed by atoms with Gasteiger partial charge in [0.25, 0.3) is 0 Å². The SMILES string of the molecule is CCN(CCO)c1ccc(NC(=S)Nc2cccc(Cl)c2C)cc1.